The predicted octanol–water partition coefficient (Wildman–Crippen LogP) is 2.74. The molecule has 6 heteroatoms. The Labute approximate surface area is 178 Å². The Hall–Kier alpha value is -1.79. The molecule has 1 amide bonds. The highest BCUT2D eigenvalue weighted by Gasteiger charge is 2.51. The molecular formula is C24H29BN2O3. The molecule has 5 nitrogen and oxygen atoms in total. The number of fused-ring (bicyclic) bond motifs is 1. The Morgan fingerprint density at radius 1 is 1.17 bits per heavy atom. The average molecular weight is 404 g/mol. The molecule has 4 aliphatic carbocycles. The largest absolute Gasteiger partial charge is 0.383 e. The zero-order valence-electron chi connectivity index (χ0n) is 17.4. The van der Waals surface area contributed by atoms with Gasteiger partial charge >= 0.3 is 0 Å². The van der Waals surface area contributed by atoms with Gasteiger partial charge in [-0.1, -0.05) is 17.6 Å². The SMILES string of the molecule is [B]c1cccc2c1c(NC(=O)CC13CC4CC(CC(C4)C1)C3)cn2CC1(O)COC1. The van der Waals surface area contributed by atoms with Gasteiger partial charge in [0.1, 0.15) is 13.4 Å². The molecule has 0 unspecified atom stereocenters. The molecule has 2 aromatic rings. The van der Waals surface area contributed by atoms with E-state index in [9.17, 15) is 9.90 Å². The smallest absolute Gasteiger partial charge is 0.224 e. The maximum Gasteiger partial charge on any atom is 0.224 e. The number of ether oxygens (including phenoxy) is 1. The van der Waals surface area contributed by atoms with Gasteiger partial charge in [-0.25, -0.2) is 0 Å². The second-order valence-corrected chi connectivity index (χ2v) is 10.8. The third kappa shape index (κ3) is 3.11. The monoisotopic (exact) mass is 404 g/mol. The summed E-state index contributed by atoms with van der Waals surface area (Å²) >= 11 is 0. The van der Waals surface area contributed by atoms with Crippen LogP contribution in [0.4, 0.5) is 5.69 Å². The fraction of sp³-hybridized carbons (Fsp3) is 0.625. The molecule has 1 saturated heterocycles. The maximum atomic E-state index is 13.2. The minimum absolute atomic E-state index is 0.102. The Balaban J connectivity index is 1.25. The Morgan fingerprint density at radius 2 is 1.83 bits per heavy atom. The van der Waals surface area contributed by atoms with Crippen LogP contribution >= 0.6 is 0 Å². The van der Waals surface area contributed by atoms with Gasteiger partial charge in [0.15, 0.2) is 0 Å². The number of aliphatic hydroxyl groups is 1. The first-order valence-corrected chi connectivity index (χ1v) is 11.4. The molecule has 1 aromatic heterocycles. The first-order valence-electron chi connectivity index (χ1n) is 11.4. The Bertz CT molecular complexity index is 974. The van der Waals surface area contributed by atoms with Crippen LogP contribution in [0.1, 0.15) is 44.9 Å². The summed E-state index contributed by atoms with van der Waals surface area (Å²) in [4.78, 5) is 13.2. The quantitative estimate of drug-likeness (QED) is 0.754. The normalized spacial score (nSPS) is 33.6. The number of carbonyl (C=O) groups excluding carboxylic acids is 1. The number of hydrogen-bond donors (Lipinski definition) is 2. The summed E-state index contributed by atoms with van der Waals surface area (Å²) in [6, 6.07) is 5.77. The van der Waals surface area contributed by atoms with Crippen molar-refractivity contribution < 1.29 is 14.6 Å². The molecule has 0 atom stereocenters. The summed E-state index contributed by atoms with van der Waals surface area (Å²) in [5.74, 6) is 2.62. The summed E-state index contributed by atoms with van der Waals surface area (Å²) in [6.45, 7) is 1.10. The van der Waals surface area contributed by atoms with E-state index in [0.717, 1.165) is 34.3 Å². The zero-order chi connectivity index (χ0) is 20.5. The van der Waals surface area contributed by atoms with Crippen LogP contribution in [-0.4, -0.2) is 42.2 Å². The Morgan fingerprint density at radius 3 is 2.43 bits per heavy atom. The van der Waals surface area contributed by atoms with E-state index in [1.807, 2.05) is 29.0 Å². The van der Waals surface area contributed by atoms with Gasteiger partial charge in [0.25, 0.3) is 0 Å². The number of rotatable bonds is 5. The van der Waals surface area contributed by atoms with E-state index in [4.69, 9.17) is 12.6 Å². The van der Waals surface area contributed by atoms with Crippen molar-refractivity contribution in [3.05, 3.63) is 24.4 Å². The second-order valence-electron chi connectivity index (χ2n) is 10.8. The molecule has 156 valence electrons. The maximum absolute atomic E-state index is 13.2. The highest BCUT2D eigenvalue weighted by molar-refractivity contribution is 6.40. The summed E-state index contributed by atoms with van der Waals surface area (Å²) in [5, 5.41) is 14.6. The van der Waals surface area contributed by atoms with Gasteiger partial charge in [-0.3, -0.25) is 4.79 Å². The molecule has 30 heavy (non-hydrogen) atoms. The van der Waals surface area contributed by atoms with E-state index in [1.54, 1.807) is 0 Å². The molecule has 4 saturated carbocycles. The average Bonchev–Trinajstić information content (AvgIpc) is 2.97. The molecule has 2 radical (unpaired) electrons. The predicted molar refractivity (Wildman–Crippen MR) is 117 cm³/mol. The van der Waals surface area contributed by atoms with E-state index in [2.05, 4.69) is 5.32 Å². The molecule has 4 bridgehead atoms. The molecule has 1 aliphatic heterocycles. The standard InChI is InChI=1S/C24H29BN2O3/c25-18-2-1-3-20-22(18)19(11-27(20)12-24(29)13-30-14-24)26-21(28)10-23-7-15-4-16(8-23)6-17(5-15)9-23/h1-3,11,15-17,29H,4-10,12-14H2,(H,26,28). The van der Waals surface area contributed by atoms with E-state index in [0.29, 0.717) is 31.6 Å². The lowest BCUT2D eigenvalue weighted by Crippen LogP contribution is -2.52. The fourth-order valence-corrected chi connectivity index (χ4v) is 7.39. The highest BCUT2D eigenvalue weighted by Crippen LogP contribution is 2.61. The molecule has 2 heterocycles. The van der Waals surface area contributed by atoms with Crippen molar-refractivity contribution in [2.24, 2.45) is 23.2 Å². The molecule has 5 aliphatic rings. The van der Waals surface area contributed by atoms with Gasteiger partial charge in [-0.15, -0.1) is 0 Å². The number of carbonyl (C=O) groups is 1. The minimum atomic E-state index is -0.850. The van der Waals surface area contributed by atoms with Gasteiger partial charge in [-0.05, 0) is 67.8 Å². The number of nitrogens with one attached hydrogen (secondary N) is 1. The number of benzene rings is 1. The number of nitrogens with zero attached hydrogens (tertiary/aromatic N) is 1. The van der Waals surface area contributed by atoms with Crippen molar-refractivity contribution in [1.82, 2.24) is 4.57 Å². The van der Waals surface area contributed by atoms with Crippen molar-refractivity contribution in [1.29, 1.82) is 0 Å². The lowest BCUT2D eigenvalue weighted by Gasteiger charge is -2.56. The van der Waals surface area contributed by atoms with E-state index in [-0.39, 0.29) is 11.3 Å². The molecule has 0 spiro atoms. The van der Waals surface area contributed by atoms with Crippen LogP contribution in [0.25, 0.3) is 10.9 Å². The molecular weight excluding hydrogens is 375 g/mol. The summed E-state index contributed by atoms with van der Waals surface area (Å²) < 4.78 is 7.19. The van der Waals surface area contributed by atoms with Crippen molar-refractivity contribution in [2.45, 2.75) is 57.1 Å². The van der Waals surface area contributed by atoms with Crippen LogP contribution in [0.3, 0.4) is 0 Å². The van der Waals surface area contributed by atoms with Crippen LogP contribution < -0.4 is 10.8 Å². The van der Waals surface area contributed by atoms with E-state index >= 15 is 0 Å². The third-order valence-corrected chi connectivity index (χ3v) is 8.12. The van der Waals surface area contributed by atoms with Gasteiger partial charge in [-0.2, -0.15) is 0 Å². The zero-order valence-corrected chi connectivity index (χ0v) is 17.4. The highest BCUT2D eigenvalue weighted by atomic mass is 16.5. The topological polar surface area (TPSA) is 63.5 Å². The van der Waals surface area contributed by atoms with Gasteiger partial charge in [0.2, 0.25) is 5.91 Å². The van der Waals surface area contributed by atoms with E-state index in [1.165, 1.54) is 38.5 Å². The third-order valence-electron chi connectivity index (χ3n) is 8.12. The van der Waals surface area contributed by atoms with Crippen molar-refractivity contribution in [3.63, 3.8) is 0 Å². The number of hydrogen-bond acceptors (Lipinski definition) is 3. The number of amides is 1. The molecule has 5 fully saturated rings. The number of aromatic nitrogens is 1. The molecule has 2 N–H and O–H groups in total. The van der Waals surface area contributed by atoms with E-state index < -0.39 is 5.60 Å². The van der Waals surface area contributed by atoms with Crippen LogP contribution in [-0.2, 0) is 16.1 Å². The van der Waals surface area contributed by atoms with Gasteiger partial charge < -0.3 is 19.7 Å². The lowest BCUT2D eigenvalue weighted by atomic mass is 9.49. The van der Waals surface area contributed by atoms with Crippen molar-refractivity contribution in [3.8, 4) is 0 Å². The second kappa shape index (κ2) is 6.60. The van der Waals surface area contributed by atoms with Crippen molar-refractivity contribution in [2.75, 3.05) is 18.5 Å². The Kier molecular flexibility index (Phi) is 4.17. The molecule has 1 aromatic carbocycles. The van der Waals surface area contributed by atoms with Crippen LogP contribution in [0, 0.1) is 23.2 Å². The first kappa shape index (κ1) is 18.9. The van der Waals surface area contributed by atoms with Gasteiger partial charge in [0, 0.05) is 23.5 Å². The lowest BCUT2D eigenvalue weighted by molar-refractivity contribution is -0.184. The van der Waals surface area contributed by atoms with Crippen LogP contribution in [0.5, 0.6) is 0 Å². The number of anilines is 1. The fourth-order valence-electron chi connectivity index (χ4n) is 7.39. The van der Waals surface area contributed by atoms with Crippen LogP contribution in [0.15, 0.2) is 24.4 Å². The minimum Gasteiger partial charge on any atom is -0.383 e. The first-order chi connectivity index (χ1) is 14.4. The van der Waals surface area contributed by atoms with Gasteiger partial charge in [0.05, 0.1) is 25.4 Å². The van der Waals surface area contributed by atoms with Crippen molar-refractivity contribution >= 4 is 35.8 Å². The summed E-state index contributed by atoms with van der Waals surface area (Å²) in [5.41, 5.74) is 1.69. The summed E-state index contributed by atoms with van der Waals surface area (Å²) in [6.07, 6.45) is 10.4. The molecule has 7 rings (SSSR count). The van der Waals surface area contributed by atoms with Crippen LogP contribution in [0.2, 0.25) is 0 Å². The summed E-state index contributed by atoms with van der Waals surface area (Å²) in [7, 11) is 6.29.